The van der Waals surface area contributed by atoms with E-state index in [0.717, 1.165) is 67.6 Å². The highest BCUT2D eigenvalue weighted by Crippen LogP contribution is 2.37. The molecule has 6 rings (SSSR count). The van der Waals surface area contributed by atoms with E-state index in [-0.39, 0.29) is 30.3 Å². The molecule has 7 nitrogen and oxygen atoms in total. The first kappa shape index (κ1) is 24.1. The third kappa shape index (κ3) is 4.62. The SMILES string of the molecule is N#C[C@H](Cc1ccc(-c2ccc3c(c2)CC(=O)N3C2CCNCC2)cc1F)NC(=O)[C@H]1N[C@@H]2CC[C@H]1C2. The zero-order valence-electron chi connectivity index (χ0n) is 20.8. The molecular formula is C29H32FN5O2. The highest BCUT2D eigenvalue weighted by molar-refractivity contribution is 6.02. The van der Waals surface area contributed by atoms with Gasteiger partial charge in [-0.25, -0.2) is 4.39 Å². The number of carbonyl (C=O) groups excluding carboxylic acids is 2. The molecule has 0 aromatic heterocycles. The molecule has 2 saturated heterocycles. The van der Waals surface area contributed by atoms with Gasteiger partial charge in [0.1, 0.15) is 11.9 Å². The molecule has 0 spiro atoms. The zero-order valence-corrected chi connectivity index (χ0v) is 20.8. The average Bonchev–Trinajstić information content (AvgIpc) is 3.63. The number of fused-ring (bicyclic) bond motifs is 3. The number of rotatable bonds is 6. The Kier molecular flexibility index (Phi) is 6.43. The number of piperidine rings is 2. The molecule has 3 N–H and O–H groups in total. The van der Waals surface area contributed by atoms with Gasteiger partial charge in [0, 0.05) is 24.2 Å². The van der Waals surface area contributed by atoms with E-state index in [4.69, 9.17) is 0 Å². The van der Waals surface area contributed by atoms with Gasteiger partial charge in [0.15, 0.2) is 0 Å². The van der Waals surface area contributed by atoms with Crippen LogP contribution in [0.25, 0.3) is 11.1 Å². The summed E-state index contributed by atoms with van der Waals surface area (Å²) < 4.78 is 15.1. The second kappa shape index (κ2) is 9.88. The fourth-order valence-corrected chi connectivity index (χ4v) is 6.64. The standard InChI is InChI=1S/C29H32FN5O2/c30-25-14-18(17-4-6-26-21(11-17)15-27(36)35(26)24-7-9-32-10-8-24)1-2-19(25)12-23(16-31)34-29(37)28-20-3-5-22(13-20)33-28/h1-2,4,6,11,14,20,22-24,28,32-33H,3,5,7-10,12-13,15H2,(H,34,37)/t20-,22+,23-,28-/m0/s1. The molecule has 3 aliphatic heterocycles. The van der Waals surface area contributed by atoms with E-state index in [1.165, 1.54) is 6.07 Å². The minimum Gasteiger partial charge on any atom is -0.339 e. The van der Waals surface area contributed by atoms with Crippen LogP contribution in [0.4, 0.5) is 10.1 Å². The van der Waals surface area contributed by atoms with Gasteiger partial charge in [-0.05, 0) is 91.6 Å². The van der Waals surface area contributed by atoms with E-state index in [1.54, 1.807) is 6.07 Å². The van der Waals surface area contributed by atoms with Gasteiger partial charge in [0.25, 0.3) is 0 Å². The largest absolute Gasteiger partial charge is 0.339 e. The Bertz CT molecular complexity index is 1270. The molecule has 2 amide bonds. The lowest BCUT2D eigenvalue weighted by Crippen LogP contribution is -2.50. The molecular weight excluding hydrogens is 469 g/mol. The van der Waals surface area contributed by atoms with Crippen molar-refractivity contribution in [1.82, 2.24) is 16.0 Å². The summed E-state index contributed by atoms with van der Waals surface area (Å²) in [7, 11) is 0. The Morgan fingerprint density at radius 1 is 1.14 bits per heavy atom. The number of carbonyl (C=O) groups is 2. The smallest absolute Gasteiger partial charge is 0.238 e. The van der Waals surface area contributed by atoms with Gasteiger partial charge in [-0.15, -0.1) is 0 Å². The third-order valence-electron chi connectivity index (χ3n) is 8.55. The van der Waals surface area contributed by atoms with E-state index >= 15 is 4.39 Å². The summed E-state index contributed by atoms with van der Waals surface area (Å²) in [5, 5.41) is 19.1. The zero-order chi connectivity index (χ0) is 25.5. The second-order valence-corrected chi connectivity index (χ2v) is 10.9. The molecule has 2 aromatic rings. The monoisotopic (exact) mass is 501 g/mol. The lowest BCUT2D eigenvalue weighted by atomic mass is 9.97. The maximum atomic E-state index is 15.1. The summed E-state index contributed by atoms with van der Waals surface area (Å²) in [6.07, 6.45) is 5.52. The Hall–Kier alpha value is -3.28. The van der Waals surface area contributed by atoms with Crippen LogP contribution in [0, 0.1) is 23.1 Å². The molecule has 0 unspecified atom stereocenters. The molecule has 1 aliphatic carbocycles. The molecule has 1 saturated carbocycles. The third-order valence-corrected chi connectivity index (χ3v) is 8.55. The summed E-state index contributed by atoms with van der Waals surface area (Å²) in [5.74, 6) is -0.111. The molecule has 3 heterocycles. The maximum absolute atomic E-state index is 15.1. The van der Waals surface area contributed by atoms with Crippen LogP contribution in [-0.2, 0) is 22.4 Å². The average molecular weight is 502 g/mol. The van der Waals surface area contributed by atoms with Crippen LogP contribution < -0.4 is 20.9 Å². The van der Waals surface area contributed by atoms with Crippen LogP contribution in [0.2, 0.25) is 0 Å². The first-order chi connectivity index (χ1) is 18.0. The van der Waals surface area contributed by atoms with E-state index in [9.17, 15) is 14.9 Å². The lowest BCUT2D eigenvalue weighted by Gasteiger charge is -2.32. The maximum Gasteiger partial charge on any atom is 0.238 e. The van der Waals surface area contributed by atoms with E-state index < -0.39 is 11.9 Å². The fraction of sp³-hybridized carbons (Fsp3) is 0.483. The van der Waals surface area contributed by atoms with Crippen LogP contribution in [0.5, 0.6) is 0 Å². The van der Waals surface area contributed by atoms with Gasteiger partial charge in [-0.3, -0.25) is 9.59 Å². The fourth-order valence-electron chi connectivity index (χ4n) is 6.64. The minimum atomic E-state index is -0.791. The van der Waals surface area contributed by atoms with Crippen LogP contribution in [-0.4, -0.2) is 49.1 Å². The molecule has 2 aromatic carbocycles. The molecule has 192 valence electrons. The Morgan fingerprint density at radius 3 is 2.62 bits per heavy atom. The van der Waals surface area contributed by atoms with Crippen molar-refractivity contribution in [3.63, 3.8) is 0 Å². The van der Waals surface area contributed by atoms with Crippen molar-refractivity contribution in [2.75, 3.05) is 18.0 Å². The number of anilines is 1. The Morgan fingerprint density at radius 2 is 1.92 bits per heavy atom. The summed E-state index contributed by atoms with van der Waals surface area (Å²) >= 11 is 0. The van der Waals surface area contributed by atoms with E-state index in [0.29, 0.717) is 23.9 Å². The summed E-state index contributed by atoms with van der Waals surface area (Å²) in [5.41, 5.74) is 3.92. The molecule has 4 atom stereocenters. The number of amides is 2. The molecule has 2 bridgehead atoms. The van der Waals surface area contributed by atoms with Crippen LogP contribution in [0.1, 0.15) is 43.2 Å². The topological polar surface area (TPSA) is 97.3 Å². The van der Waals surface area contributed by atoms with Gasteiger partial charge < -0.3 is 20.9 Å². The van der Waals surface area contributed by atoms with Gasteiger partial charge in [0.2, 0.25) is 11.8 Å². The molecule has 37 heavy (non-hydrogen) atoms. The summed E-state index contributed by atoms with van der Waals surface area (Å²) in [6.45, 7) is 1.84. The lowest BCUT2D eigenvalue weighted by molar-refractivity contribution is -0.124. The number of hydrogen-bond acceptors (Lipinski definition) is 5. The number of benzene rings is 2. The van der Waals surface area contributed by atoms with Gasteiger partial charge in [-0.2, -0.15) is 5.26 Å². The predicted molar refractivity (Wildman–Crippen MR) is 138 cm³/mol. The van der Waals surface area contributed by atoms with Gasteiger partial charge >= 0.3 is 0 Å². The Labute approximate surface area is 216 Å². The van der Waals surface area contributed by atoms with Crippen LogP contribution in [0.3, 0.4) is 0 Å². The first-order valence-corrected chi connectivity index (χ1v) is 13.4. The highest BCUT2D eigenvalue weighted by Gasteiger charge is 2.43. The number of nitrogens with zero attached hydrogens (tertiary/aromatic N) is 2. The first-order valence-electron chi connectivity index (χ1n) is 13.4. The normalized spacial score (nSPS) is 25.7. The quantitative estimate of drug-likeness (QED) is 0.566. The van der Waals surface area contributed by atoms with Gasteiger partial charge in [-0.1, -0.05) is 18.2 Å². The molecule has 8 heteroatoms. The van der Waals surface area contributed by atoms with Crippen LogP contribution in [0.15, 0.2) is 36.4 Å². The molecule has 0 radical (unpaired) electrons. The summed E-state index contributed by atoms with van der Waals surface area (Å²) in [4.78, 5) is 27.5. The minimum absolute atomic E-state index is 0.110. The number of hydrogen-bond donors (Lipinski definition) is 3. The Balaban J connectivity index is 1.14. The number of nitrogens with one attached hydrogen (secondary N) is 3. The summed E-state index contributed by atoms with van der Waals surface area (Å²) in [6, 6.07) is 12.6. The molecule has 3 fully saturated rings. The van der Waals surface area contributed by atoms with E-state index in [2.05, 4.69) is 22.0 Å². The second-order valence-electron chi connectivity index (χ2n) is 10.9. The van der Waals surface area contributed by atoms with Crippen molar-refractivity contribution in [3.05, 3.63) is 53.3 Å². The van der Waals surface area contributed by atoms with Crippen molar-refractivity contribution in [3.8, 4) is 17.2 Å². The number of halogens is 1. The highest BCUT2D eigenvalue weighted by atomic mass is 19.1. The van der Waals surface area contributed by atoms with Crippen molar-refractivity contribution in [2.24, 2.45) is 5.92 Å². The van der Waals surface area contributed by atoms with Crippen LogP contribution >= 0.6 is 0 Å². The van der Waals surface area contributed by atoms with Crippen molar-refractivity contribution in [1.29, 1.82) is 5.26 Å². The van der Waals surface area contributed by atoms with Crippen molar-refractivity contribution < 1.29 is 14.0 Å². The van der Waals surface area contributed by atoms with E-state index in [1.807, 2.05) is 29.2 Å². The van der Waals surface area contributed by atoms with Gasteiger partial charge in [0.05, 0.1) is 18.5 Å². The van der Waals surface area contributed by atoms with Crippen molar-refractivity contribution >= 4 is 17.5 Å². The van der Waals surface area contributed by atoms with Crippen molar-refractivity contribution in [2.45, 2.75) is 69.1 Å². The predicted octanol–water partition coefficient (Wildman–Crippen LogP) is 2.83. The number of nitriles is 1. The molecule has 4 aliphatic rings.